The first-order valence-corrected chi connectivity index (χ1v) is 10.2. The molecule has 0 aliphatic heterocycles. The molecule has 9 heteroatoms. The summed E-state index contributed by atoms with van der Waals surface area (Å²) in [7, 11) is 0. The molecule has 0 saturated carbocycles. The van der Waals surface area contributed by atoms with Gasteiger partial charge in [0.25, 0.3) is 11.6 Å². The van der Waals surface area contributed by atoms with Gasteiger partial charge in [-0.3, -0.25) is 19.9 Å². The Morgan fingerprint density at radius 2 is 1.97 bits per heavy atom. The third-order valence-electron chi connectivity index (χ3n) is 5.12. The van der Waals surface area contributed by atoms with Crippen molar-refractivity contribution in [3.05, 3.63) is 93.9 Å². The van der Waals surface area contributed by atoms with E-state index in [0.717, 1.165) is 22.3 Å². The summed E-state index contributed by atoms with van der Waals surface area (Å²) in [6, 6.07) is 17.6. The minimum atomic E-state index is -0.425. The number of pyridine rings is 1. The molecule has 0 bridgehead atoms. The fraction of sp³-hybridized carbons (Fsp3) is 0.125. The highest BCUT2D eigenvalue weighted by Crippen LogP contribution is 2.24. The first kappa shape index (κ1) is 21.7. The minimum Gasteiger partial charge on any atom is -0.481 e. The molecule has 0 unspecified atom stereocenters. The molecule has 1 amide bonds. The van der Waals surface area contributed by atoms with Crippen molar-refractivity contribution in [1.29, 1.82) is 0 Å². The van der Waals surface area contributed by atoms with Crippen LogP contribution in [0.2, 0.25) is 0 Å². The number of para-hydroxylation sites is 1. The second kappa shape index (κ2) is 9.31. The number of carbonyl (C=O) groups excluding carboxylic acids is 1. The van der Waals surface area contributed by atoms with Crippen LogP contribution in [0.25, 0.3) is 16.6 Å². The smallest absolute Gasteiger partial charge is 0.277 e. The van der Waals surface area contributed by atoms with E-state index in [1.807, 2.05) is 48.7 Å². The predicted octanol–water partition coefficient (Wildman–Crippen LogP) is 4.08. The third kappa shape index (κ3) is 4.72. The van der Waals surface area contributed by atoms with Crippen LogP contribution in [0.15, 0.2) is 72.0 Å². The van der Waals surface area contributed by atoms with Gasteiger partial charge in [0.05, 0.1) is 16.8 Å². The van der Waals surface area contributed by atoms with Crippen LogP contribution < -0.4 is 10.2 Å². The van der Waals surface area contributed by atoms with Crippen LogP contribution in [0.3, 0.4) is 0 Å². The number of hydrogen-bond donors (Lipinski definition) is 1. The van der Waals surface area contributed by atoms with E-state index in [-0.39, 0.29) is 12.3 Å². The molecular weight excluding hydrogens is 422 g/mol. The normalized spacial score (nSPS) is 11.1. The fourth-order valence-corrected chi connectivity index (χ4v) is 3.60. The van der Waals surface area contributed by atoms with E-state index in [4.69, 9.17) is 4.74 Å². The number of fused-ring (bicyclic) bond motifs is 1. The Hall–Kier alpha value is -4.53. The number of carbonyl (C=O) groups is 1. The number of non-ortho nitro benzene ring substituents is 1. The van der Waals surface area contributed by atoms with Gasteiger partial charge in [0.1, 0.15) is 11.3 Å². The van der Waals surface area contributed by atoms with Gasteiger partial charge in [-0.1, -0.05) is 24.3 Å². The van der Waals surface area contributed by atoms with Gasteiger partial charge in [-0.15, -0.1) is 0 Å². The second-order valence-electron chi connectivity index (χ2n) is 7.35. The third-order valence-corrected chi connectivity index (χ3v) is 5.12. The number of hydrazone groups is 1. The van der Waals surface area contributed by atoms with Crippen LogP contribution >= 0.6 is 0 Å². The molecule has 0 fully saturated rings. The summed E-state index contributed by atoms with van der Waals surface area (Å²) in [5.41, 5.74) is 6.33. The lowest BCUT2D eigenvalue weighted by molar-refractivity contribution is -0.384. The van der Waals surface area contributed by atoms with Gasteiger partial charge in [0, 0.05) is 40.7 Å². The maximum absolute atomic E-state index is 12.2. The van der Waals surface area contributed by atoms with Crippen molar-refractivity contribution >= 4 is 28.7 Å². The number of aromatic nitrogens is 2. The van der Waals surface area contributed by atoms with Gasteiger partial charge < -0.3 is 9.30 Å². The molecule has 2 aromatic carbocycles. The first-order valence-electron chi connectivity index (χ1n) is 10.2. The number of ether oxygens (including phenoxy) is 1. The number of nitro benzene ring substituents is 1. The first-order chi connectivity index (χ1) is 15.9. The molecule has 2 heterocycles. The van der Waals surface area contributed by atoms with Gasteiger partial charge in [0.15, 0.2) is 6.61 Å². The number of aryl methyl sites for hydroxylation is 1. The lowest BCUT2D eigenvalue weighted by Crippen LogP contribution is -2.24. The molecule has 0 aliphatic carbocycles. The maximum Gasteiger partial charge on any atom is 0.277 e. The molecule has 0 spiro atoms. The summed E-state index contributed by atoms with van der Waals surface area (Å²) >= 11 is 0. The second-order valence-corrected chi connectivity index (χ2v) is 7.35. The van der Waals surface area contributed by atoms with E-state index in [0.29, 0.717) is 17.0 Å². The Balaban J connectivity index is 1.42. The highest BCUT2D eigenvalue weighted by atomic mass is 16.6. The standard InChI is InChI=1S/C24H21N5O4/c1-16-12-19(17(2)28(16)20-8-4-9-21(13-20)29(31)32)14-26-27-23(30)15-33-22-10-3-6-18-7-5-11-25-24(18)22/h3-14H,15H2,1-2H3,(H,27,30)/b26-14-. The van der Waals surface area contributed by atoms with Gasteiger partial charge >= 0.3 is 0 Å². The number of hydrogen-bond acceptors (Lipinski definition) is 6. The van der Waals surface area contributed by atoms with E-state index in [9.17, 15) is 14.9 Å². The Morgan fingerprint density at radius 1 is 1.18 bits per heavy atom. The highest BCUT2D eigenvalue weighted by molar-refractivity contribution is 5.86. The Morgan fingerprint density at radius 3 is 2.79 bits per heavy atom. The average Bonchev–Trinajstić information content (AvgIpc) is 3.10. The van der Waals surface area contributed by atoms with Crippen LogP contribution in [0, 0.1) is 24.0 Å². The molecule has 4 rings (SSSR count). The van der Waals surface area contributed by atoms with Gasteiger partial charge in [0.2, 0.25) is 0 Å². The number of nitrogens with one attached hydrogen (secondary N) is 1. The Bertz CT molecular complexity index is 1370. The van der Waals surface area contributed by atoms with E-state index in [1.54, 1.807) is 24.4 Å². The Kier molecular flexibility index (Phi) is 6.12. The molecule has 9 nitrogen and oxygen atoms in total. The molecule has 33 heavy (non-hydrogen) atoms. The van der Waals surface area contributed by atoms with Crippen LogP contribution in [0.4, 0.5) is 5.69 Å². The lowest BCUT2D eigenvalue weighted by atomic mass is 10.2. The van der Waals surface area contributed by atoms with E-state index in [1.165, 1.54) is 18.3 Å². The van der Waals surface area contributed by atoms with Crippen LogP contribution in [-0.2, 0) is 4.79 Å². The number of amides is 1. The summed E-state index contributed by atoms with van der Waals surface area (Å²) in [5.74, 6) is 0.111. The average molecular weight is 443 g/mol. The van der Waals surface area contributed by atoms with Gasteiger partial charge in [-0.25, -0.2) is 5.43 Å². The summed E-state index contributed by atoms with van der Waals surface area (Å²) < 4.78 is 7.51. The summed E-state index contributed by atoms with van der Waals surface area (Å²) in [6.07, 6.45) is 3.21. The van der Waals surface area contributed by atoms with Crippen LogP contribution in [0.5, 0.6) is 5.75 Å². The molecule has 1 N–H and O–H groups in total. The molecule has 0 radical (unpaired) electrons. The van der Waals surface area contributed by atoms with Crippen LogP contribution in [0.1, 0.15) is 17.0 Å². The quantitative estimate of drug-likeness (QED) is 0.263. The molecule has 166 valence electrons. The zero-order valence-electron chi connectivity index (χ0n) is 18.1. The van der Waals surface area contributed by atoms with Gasteiger partial charge in [-0.05, 0) is 38.1 Å². The number of rotatable bonds is 7. The Labute approximate surface area is 189 Å². The van der Waals surface area contributed by atoms with E-state index < -0.39 is 10.8 Å². The van der Waals surface area contributed by atoms with E-state index in [2.05, 4.69) is 15.5 Å². The topological polar surface area (TPSA) is 112 Å². The molecule has 0 aliphatic rings. The molecular formula is C24H21N5O4. The van der Waals surface area contributed by atoms with Crippen molar-refractivity contribution in [3.8, 4) is 11.4 Å². The minimum absolute atomic E-state index is 0.0175. The number of benzene rings is 2. The molecule has 0 saturated heterocycles. The largest absolute Gasteiger partial charge is 0.481 e. The molecule has 4 aromatic rings. The van der Waals surface area contributed by atoms with Gasteiger partial charge in [-0.2, -0.15) is 5.10 Å². The zero-order valence-corrected chi connectivity index (χ0v) is 18.1. The lowest BCUT2D eigenvalue weighted by Gasteiger charge is -2.09. The monoisotopic (exact) mass is 443 g/mol. The van der Waals surface area contributed by atoms with Crippen molar-refractivity contribution in [2.45, 2.75) is 13.8 Å². The molecule has 0 atom stereocenters. The zero-order chi connectivity index (χ0) is 23.4. The van der Waals surface area contributed by atoms with Crippen molar-refractivity contribution in [3.63, 3.8) is 0 Å². The SMILES string of the molecule is Cc1cc(/C=N\NC(=O)COc2cccc3cccnc23)c(C)n1-c1cccc([N+](=O)[O-])c1. The molecule has 2 aromatic heterocycles. The maximum atomic E-state index is 12.2. The highest BCUT2D eigenvalue weighted by Gasteiger charge is 2.13. The number of nitro groups is 1. The van der Waals surface area contributed by atoms with Crippen LogP contribution in [-0.4, -0.2) is 33.2 Å². The van der Waals surface area contributed by atoms with Crippen molar-refractivity contribution in [2.75, 3.05) is 6.61 Å². The predicted molar refractivity (Wildman–Crippen MR) is 125 cm³/mol. The summed E-state index contributed by atoms with van der Waals surface area (Å²) in [6.45, 7) is 3.57. The fourth-order valence-electron chi connectivity index (χ4n) is 3.60. The summed E-state index contributed by atoms with van der Waals surface area (Å²) in [4.78, 5) is 27.1. The van der Waals surface area contributed by atoms with Crippen molar-refractivity contribution < 1.29 is 14.5 Å². The number of nitrogens with zero attached hydrogens (tertiary/aromatic N) is 4. The van der Waals surface area contributed by atoms with Crippen molar-refractivity contribution in [1.82, 2.24) is 15.0 Å². The van der Waals surface area contributed by atoms with E-state index >= 15 is 0 Å². The van der Waals surface area contributed by atoms with Crippen molar-refractivity contribution in [2.24, 2.45) is 5.10 Å². The summed E-state index contributed by atoms with van der Waals surface area (Å²) in [5, 5.41) is 16.0.